The van der Waals surface area contributed by atoms with Gasteiger partial charge in [-0.15, -0.1) is 0 Å². The highest BCUT2D eigenvalue weighted by Crippen LogP contribution is 2.28. The van der Waals surface area contributed by atoms with Gasteiger partial charge in [0.2, 0.25) is 5.91 Å². The van der Waals surface area contributed by atoms with Crippen molar-refractivity contribution in [1.29, 1.82) is 0 Å². The number of aryl methyl sites for hydroxylation is 1. The van der Waals surface area contributed by atoms with E-state index in [1.807, 2.05) is 5.48 Å². The van der Waals surface area contributed by atoms with Gasteiger partial charge in [0.25, 0.3) is 11.8 Å². The second-order valence-electron chi connectivity index (χ2n) is 7.28. The number of aromatic nitrogens is 3. The molecule has 0 atom stereocenters. The Labute approximate surface area is 225 Å². The Kier molecular flexibility index (Phi) is 9.12. The van der Waals surface area contributed by atoms with E-state index in [0.29, 0.717) is 10.2 Å². The number of hydrogen-bond donors (Lipinski definition) is 3. The molecule has 3 aromatic rings. The van der Waals surface area contributed by atoms with Gasteiger partial charge in [-0.05, 0) is 52.7 Å². The molecule has 0 saturated carbocycles. The predicted octanol–water partition coefficient (Wildman–Crippen LogP) is 4.24. The zero-order valence-corrected chi connectivity index (χ0v) is 21.7. The normalized spacial score (nSPS) is 11.2. The summed E-state index contributed by atoms with van der Waals surface area (Å²) in [7, 11) is 0. The van der Waals surface area contributed by atoms with E-state index < -0.39 is 37.0 Å². The van der Waals surface area contributed by atoms with Gasteiger partial charge in [0.15, 0.2) is 12.4 Å². The molecule has 0 radical (unpaired) electrons. The number of benzene rings is 1. The van der Waals surface area contributed by atoms with E-state index in [0.717, 1.165) is 0 Å². The molecule has 0 unspecified atom stereocenters. The SMILES string of the molecule is Cc1cc(Cl)cc(C(=O)NOCC(=O)NCC(F)(F)F)c1NC(=O)c1cc(Br)nn1-c1ncccc1Cl. The van der Waals surface area contributed by atoms with E-state index >= 15 is 0 Å². The summed E-state index contributed by atoms with van der Waals surface area (Å²) in [5.41, 5.74) is 2.26. The van der Waals surface area contributed by atoms with Gasteiger partial charge >= 0.3 is 6.18 Å². The lowest BCUT2D eigenvalue weighted by atomic mass is 10.1. The molecule has 3 N–H and O–H groups in total. The highest BCUT2D eigenvalue weighted by Gasteiger charge is 2.28. The first kappa shape index (κ1) is 28.4. The van der Waals surface area contributed by atoms with Gasteiger partial charge in [-0.3, -0.25) is 19.2 Å². The summed E-state index contributed by atoms with van der Waals surface area (Å²) in [5, 5.41) is 8.76. The molecule has 0 aliphatic carbocycles. The second-order valence-corrected chi connectivity index (χ2v) is 8.94. The number of halogens is 6. The molecule has 3 rings (SSSR count). The third-order valence-electron chi connectivity index (χ3n) is 4.49. The third-order valence-corrected chi connectivity index (χ3v) is 5.39. The van der Waals surface area contributed by atoms with Crippen molar-refractivity contribution < 1.29 is 32.4 Å². The van der Waals surface area contributed by atoms with Crippen LogP contribution in [0, 0.1) is 6.92 Å². The van der Waals surface area contributed by atoms with Gasteiger partial charge in [0.05, 0.1) is 16.3 Å². The van der Waals surface area contributed by atoms with Crippen molar-refractivity contribution in [3.05, 3.63) is 68.0 Å². The van der Waals surface area contributed by atoms with Gasteiger partial charge in [-0.2, -0.15) is 18.3 Å². The molecule has 0 aliphatic rings. The molecule has 0 aliphatic heterocycles. The Balaban J connectivity index is 1.79. The van der Waals surface area contributed by atoms with E-state index in [-0.39, 0.29) is 32.8 Å². The van der Waals surface area contributed by atoms with Crippen molar-refractivity contribution in [1.82, 2.24) is 25.6 Å². The van der Waals surface area contributed by atoms with Crippen molar-refractivity contribution in [3.8, 4) is 5.82 Å². The summed E-state index contributed by atoms with van der Waals surface area (Å²) < 4.78 is 38.1. The van der Waals surface area contributed by atoms with Crippen molar-refractivity contribution in [3.63, 3.8) is 0 Å². The Morgan fingerprint density at radius 2 is 1.89 bits per heavy atom. The molecule has 1 aromatic carbocycles. The minimum absolute atomic E-state index is 0.0192. The fourth-order valence-corrected chi connectivity index (χ4v) is 3.80. The summed E-state index contributed by atoms with van der Waals surface area (Å²) >= 11 is 15.5. The maximum absolute atomic E-state index is 13.2. The van der Waals surface area contributed by atoms with Gasteiger partial charge in [0.1, 0.15) is 16.8 Å². The van der Waals surface area contributed by atoms with Crippen molar-refractivity contribution in [2.75, 3.05) is 18.5 Å². The number of hydrogen-bond acceptors (Lipinski definition) is 6. The number of nitrogens with one attached hydrogen (secondary N) is 3. The van der Waals surface area contributed by atoms with E-state index in [2.05, 4.69) is 31.3 Å². The number of alkyl halides is 3. The van der Waals surface area contributed by atoms with Gasteiger partial charge in [-0.1, -0.05) is 23.2 Å². The van der Waals surface area contributed by atoms with Crippen LogP contribution in [0.2, 0.25) is 10.0 Å². The summed E-state index contributed by atoms with van der Waals surface area (Å²) in [5.74, 6) is -2.54. The Morgan fingerprint density at radius 3 is 2.57 bits per heavy atom. The number of amides is 3. The first-order valence-corrected chi connectivity index (χ1v) is 11.6. The summed E-state index contributed by atoms with van der Waals surface area (Å²) in [6.07, 6.45) is -3.13. The quantitative estimate of drug-likeness (QED) is 0.322. The average Bonchev–Trinajstić information content (AvgIpc) is 3.20. The second kappa shape index (κ2) is 11.9. The van der Waals surface area contributed by atoms with Crippen LogP contribution >= 0.6 is 39.1 Å². The van der Waals surface area contributed by atoms with Gasteiger partial charge < -0.3 is 10.6 Å². The van der Waals surface area contributed by atoms with Crippen LogP contribution in [0.3, 0.4) is 0 Å². The van der Waals surface area contributed by atoms with Crippen LogP contribution in [0.1, 0.15) is 26.4 Å². The third kappa shape index (κ3) is 7.64. The number of nitrogens with zero attached hydrogens (tertiary/aromatic N) is 3. The molecule has 196 valence electrons. The summed E-state index contributed by atoms with van der Waals surface area (Å²) in [6.45, 7) is -0.864. The summed E-state index contributed by atoms with van der Waals surface area (Å²) in [6, 6.07) is 7.30. The van der Waals surface area contributed by atoms with Crippen molar-refractivity contribution >= 4 is 62.5 Å². The highest BCUT2D eigenvalue weighted by molar-refractivity contribution is 9.10. The molecule has 0 saturated heterocycles. The maximum Gasteiger partial charge on any atom is 0.405 e. The van der Waals surface area contributed by atoms with E-state index in [1.54, 1.807) is 24.4 Å². The fraction of sp³-hybridized carbons (Fsp3) is 0.190. The zero-order valence-electron chi connectivity index (χ0n) is 18.6. The number of anilines is 1. The Bertz CT molecular complexity index is 1350. The van der Waals surface area contributed by atoms with Crippen LogP contribution in [-0.4, -0.2) is 51.8 Å². The number of carbonyl (C=O) groups excluding carboxylic acids is 3. The topological polar surface area (TPSA) is 127 Å². The minimum atomic E-state index is -4.60. The Morgan fingerprint density at radius 1 is 1.16 bits per heavy atom. The van der Waals surface area contributed by atoms with Crippen LogP contribution in [0.15, 0.2) is 41.1 Å². The molecule has 2 aromatic heterocycles. The van der Waals surface area contributed by atoms with Crippen molar-refractivity contribution in [2.24, 2.45) is 0 Å². The maximum atomic E-state index is 13.2. The number of hydroxylamine groups is 1. The van der Waals surface area contributed by atoms with Crippen LogP contribution in [0.4, 0.5) is 18.9 Å². The molecule has 0 spiro atoms. The van der Waals surface area contributed by atoms with Gasteiger partial charge in [0, 0.05) is 17.3 Å². The van der Waals surface area contributed by atoms with Crippen LogP contribution in [0.25, 0.3) is 5.82 Å². The van der Waals surface area contributed by atoms with Crippen molar-refractivity contribution in [2.45, 2.75) is 13.1 Å². The lowest BCUT2D eigenvalue weighted by Crippen LogP contribution is -2.38. The molecular formula is C21H16BrCl2F3N6O4. The molecular weight excluding hydrogens is 608 g/mol. The van der Waals surface area contributed by atoms with E-state index in [1.165, 1.54) is 29.1 Å². The molecule has 0 fully saturated rings. The molecule has 0 bridgehead atoms. The van der Waals surface area contributed by atoms with Crippen LogP contribution < -0.4 is 16.1 Å². The van der Waals surface area contributed by atoms with Crippen LogP contribution in [0.5, 0.6) is 0 Å². The average molecular weight is 624 g/mol. The largest absolute Gasteiger partial charge is 0.405 e. The monoisotopic (exact) mass is 622 g/mol. The molecule has 3 amide bonds. The number of rotatable bonds is 8. The molecule has 10 nitrogen and oxygen atoms in total. The minimum Gasteiger partial charge on any atom is -0.345 e. The lowest BCUT2D eigenvalue weighted by Gasteiger charge is -2.15. The van der Waals surface area contributed by atoms with Gasteiger partial charge in [-0.25, -0.2) is 15.1 Å². The predicted molar refractivity (Wildman–Crippen MR) is 131 cm³/mol. The van der Waals surface area contributed by atoms with E-state index in [4.69, 9.17) is 28.0 Å². The number of carbonyl (C=O) groups is 3. The highest BCUT2D eigenvalue weighted by atomic mass is 79.9. The fourth-order valence-electron chi connectivity index (χ4n) is 2.95. The van der Waals surface area contributed by atoms with E-state index in [9.17, 15) is 27.6 Å². The molecule has 37 heavy (non-hydrogen) atoms. The smallest absolute Gasteiger partial charge is 0.345 e. The van der Waals surface area contributed by atoms with Crippen LogP contribution in [-0.2, 0) is 9.63 Å². The summed E-state index contributed by atoms with van der Waals surface area (Å²) in [4.78, 5) is 46.2. The molecule has 2 heterocycles. The first-order chi connectivity index (χ1) is 17.4. The first-order valence-electron chi connectivity index (χ1n) is 10.1. The zero-order chi connectivity index (χ0) is 27.3. The standard InChI is InChI=1S/C21H16BrCl2F3N6O4/c1-10-5-11(23)6-12(19(35)32-37-8-16(34)29-9-21(25,26)27)17(10)30-20(36)14-7-15(22)31-33(14)18-13(24)3-2-4-28-18/h2-7H,8-9H2,1H3,(H,29,34)(H,30,36)(H,32,35). The Hall–Kier alpha value is -3.20. The molecule has 16 heteroatoms. The number of pyridine rings is 1. The lowest BCUT2D eigenvalue weighted by molar-refractivity contribution is -0.142.